The first-order chi connectivity index (χ1) is 7.70. The van der Waals surface area contributed by atoms with Crippen molar-refractivity contribution in [3.8, 4) is 0 Å². The van der Waals surface area contributed by atoms with Gasteiger partial charge in [0.15, 0.2) is 5.78 Å². The fourth-order valence-corrected chi connectivity index (χ4v) is 1.86. The zero-order valence-electron chi connectivity index (χ0n) is 9.24. The summed E-state index contributed by atoms with van der Waals surface area (Å²) in [6.45, 7) is 2.37. The summed E-state index contributed by atoms with van der Waals surface area (Å²) in [6.07, 6.45) is 3.30. The number of Topliss-reactive ketones (excluding diaryl/α,β-unsaturated/α-hetero) is 1. The first kappa shape index (κ1) is 10.9. The molecule has 1 aromatic carbocycles. The van der Waals surface area contributed by atoms with Gasteiger partial charge in [-0.05, 0) is 30.7 Å². The number of carbonyl (C=O) groups excluding carboxylic acids is 1. The van der Waals surface area contributed by atoms with Gasteiger partial charge in [-0.1, -0.05) is 6.92 Å². The third kappa shape index (κ3) is 2.13. The summed E-state index contributed by atoms with van der Waals surface area (Å²) in [5.41, 5.74) is 0.908. The molecule has 2 nitrogen and oxygen atoms in total. The van der Waals surface area contributed by atoms with E-state index >= 15 is 0 Å². The normalized spacial score (nSPS) is 10.9. The fourth-order valence-electron chi connectivity index (χ4n) is 1.86. The maximum Gasteiger partial charge on any atom is 0.152 e. The molecule has 3 heteroatoms. The molecule has 84 valence electrons. The van der Waals surface area contributed by atoms with Gasteiger partial charge in [-0.25, -0.2) is 4.39 Å². The maximum atomic E-state index is 13.0. The van der Waals surface area contributed by atoms with Crippen LogP contribution in [0, 0.1) is 5.82 Å². The summed E-state index contributed by atoms with van der Waals surface area (Å²) in [5, 5.41) is 0.837. The van der Waals surface area contributed by atoms with Crippen molar-refractivity contribution in [2.45, 2.75) is 26.3 Å². The molecule has 0 aliphatic rings. The van der Waals surface area contributed by atoms with Crippen LogP contribution in [0.15, 0.2) is 30.5 Å². The molecule has 0 N–H and O–H groups in total. The van der Waals surface area contributed by atoms with Crippen molar-refractivity contribution in [2.24, 2.45) is 0 Å². The van der Waals surface area contributed by atoms with Gasteiger partial charge in [0.25, 0.3) is 0 Å². The number of hydrogen-bond acceptors (Lipinski definition) is 1. The average Bonchev–Trinajstić information content (AvgIpc) is 2.61. The minimum atomic E-state index is -0.245. The highest BCUT2D eigenvalue weighted by Crippen LogP contribution is 2.17. The monoisotopic (exact) mass is 219 g/mol. The van der Waals surface area contributed by atoms with Crippen LogP contribution < -0.4 is 0 Å². The Morgan fingerprint density at radius 3 is 2.94 bits per heavy atom. The van der Waals surface area contributed by atoms with Crippen LogP contribution >= 0.6 is 0 Å². The zero-order valence-corrected chi connectivity index (χ0v) is 9.24. The molecule has 1 heterocycles. The first-order valence-corrected chi connectivity index (χ1v) is 5.47. The van der Waals surface area contributed by atoms with E-state index in [1.807, 2.05) is 23.8 Å². The Hall–Kier alpha value is -1.64. The Kier molecular flexibility index (Phi) is 3.04. The van der Waals surface area contributed by atoms with Crippen molar-refractivity contribution in [3.05, 3.63) is 36.3 Å². The number of carbonyl (C=O) groups is 1. The van der Waals surface area contributed by atoms with E-state index in [1.54, 1.807) is 6.07 Å². The highest BCUT2D eigenvalue weighted by Gasteiger charge is 2.05. The second-order valence-corrected chi connectivity index (χ2v) is 3.94. The van der Waals surface area contributed by atoms with Gasteiger partial charge >= 0.3 is 0 Å². The SMILES string of the molecule is CCCC(=O)Cn1ccc2cc(F)ccc21. The third-order valence-electron chi connectivity index (χ3n) is 2.61. The van der Waals surface area contributed by atoms with Gasteiger partial charge in [-0.15, -0.1) is 0 Å². The highest BCUT2D eigenvalue weighted by molar-refractivity contribution is 5.84. The molecule has 0 radical (unpaired) electrons. The van der Waals surface area contributed by atoms with Gasteiger partial charge in [0.05, 0.1) is 6.54 Å². The van der Waals surface area contributed by atoms with E-state index in [9.17, 15) is 9.18 Å². The Morgan fingerprint density at radius 2 is 2.19 bits per heavy atom. The molecule has 0 bridgehead atoms. The van der Waals surface area contributed by atoms with Gasteiger partial charge < -0.3 is 4.57 Å². The molecule has 2 aromatic rings. The van der Waals surface area contributed by atoms with Crippen LogP contribution in [0.2, 0.25) is 0 Å². The van der Waals surface area contributed by atoms with Gasteiger partial charge in [0, 0.05) is 23.5 Å². The Labute approximate surface area is 93.7 Å². The quantitative estimate of drug-likeness (QED) is 0.774. The summed E-state index contributed by atoms with van der Waals surface area (Å²) in [6, 6.07) is 6.45. The van der Waals surface area contributed by atoms with Crippen LogP contribution in [0.4, 0.5) is 4.39 Å². The van der Waals surface area contributed by atoms with E-state index in [0.29, 0.717) is 13.0 Å². The standard InChI is InChI=1S/C13H14FNO/c1-2-3-12(16)9-15-7-6-10-8-11(14)4-5-13(10)15/h4-8H,2-3,9H2,1H3. The average molecular weight is 219 g/mol. The minimum Gasteiger partial charge on any atom is -0.340 e. The van der Waals surface area contributed by atoms with Crippen LogP contribution in [-0.2, 0) is 11.3 Å². The summed E-state index contributed by atoms with van der Waals surface area (Å²) >= 11 is 0. The van der Waals surface area contributed by atoms with Crippen molar-refractivity contribution in [2.75, 3.05) is 0 Å². The highest BCUT2D eigenvalue weighted by atomic mass is 19.1. The van der Waals surface area contributed by atoms with Crippen molar-refractivity contribution in [1.82, 2.24) is 4.57 Å². The largest absolute Gasteiger partial charge is 0.340 e. The summed E-state index contributed by atoms with van der Waals surface area (Å²) in [4.78, 5) is 11.5. The lowest BCUT2D eigenvalue weighted by Crippen LogP contribution is -2.08. The van der Waals surface area contributed by atoms with Crippen molar-refractivity contribution < 1.29 is 9.18 Å². The second kappa shape index (κ2) is 4.47. The number of ketones is 1. The number of aromatic nitrogens is 1. The molecule has 0 amide bonds. The smallest absolute Gasteiger partial charge is 0.152 e. The lowest BCUT2D eigenvalue weighted by Gasteiger charge is -2.03. The van der Waals surface area contributed by atoms with E-state index in [4.69, 9.17) is 0 Å². The molecule has 0 spiro atoms. The molecule has 0 fully saturated rings. The molecule has 0 aliphatic carbocycles. The van der Waals surface area contributed by atoms with E-state index in [0.717, 1.165) is 17.3 Å². The lowest BCUT2D eigenvalue weighted by atomic mass is 10.2. The Morgan fingerprint density at radius 1 is 1.38 bits per heavy atom. The Balaban J connectivity index is 2.28. The van der Waals surface area contributed by atoms with Crippen LogP contribution in [0.5, 0.6) is 0 Å². The number of nitrogens with zero attached hydrogens (tertiary/aromatic N) is 1. The van der Waals surface area contributed by atoms with Crippen LogP contribution in [-0.4, -0.2) is 10.4 Å². The number of halogens is 1. The first-order valence-electron chi connectivity index (χ1n) is 5.47. The van der Waals surface area contributed by atoms with Crippen LogP contribution in [0.25, 0.3) is 10.9 Å². The number of rotatable bonds is 4. The predicted octanol–water partition coefficient (Wildman–Crippen LogP) is 3.15. The maximum absolute atomic E-state index is 13.0. The predicted molar refractivity (Wildman–Crippen MR) is 61.8 cm³/mol. The molecule has 0 saturated heterocycles. The lowest BCUT2D eigenvalue weighted by molar-refractivity contribution is -0.119. The van der Waals surface area contributed by atoms with Gasteiger partial charge in [0.2, 0.25) is 0 Å². The molecule has 1 aromatic heterocycles. The van der Waals surface area contributed by atoms with Crippen LogP contribution in [0.3, 0.4) is 0 Å². The number of benzene rings is 1. The number of hydrogen-bond donors (Lipinski definition) is 0. The van der Waals surface area contributed by atoms with Gasteiger partial charge in [-0.3, -0.25) is 4.79 Å². The molecule has 2 rings (SSSR count). The molecule has 0 aliphatic heterocycles. The van der Waals surface area contributed by atoms with Crippen molar-refractivity contribution in [3.63, 3.8) is 0 Å². The van der Waals surface area contributed by atoms with Crippen LogP contribution in [0.1, 0.15) is 19.8 Å². The summed E-state index contributed by atoms with van der Waals surface area (Å²) in [5.74, 6) is -0.0329. The molecule has 0 unspecified atom stereocenters. The van der Waals surface area contributed by atoms with E-state index in [2.05, 4.69) is 0 Å². The second-order valence-electron chi connectivity index (χ2n) is 3.94. The van der Waals surface area contributed by atoms with E-state index in [1.165, 1.54) is 12.1 Å². The fraction of sp³-hybridized carbons (Fsp3) is 0.308. The van der Waals surface area contributed by atoms with E-state index < -0.39 is 0 Å². The number of fused-ring (bicyclic) bond motifs is 1. The molecular formula is C13H14FNO. The van der Waals surface area contributed by atoms with E-state index in [-0.39, 0.29) is 11.6 Å². The zero-order chi connectivity index (χ0) is 11.5. The topological polar surface area (TPSA) is 22.0 Å². The molecular weight excluding hydrogens is 205 g/mol. The third-order valence-corrected chi connectivity index (χ3v) is 2.61. The van der Waals surface area contributed by atoms with Gasteiger partial charge in [0.1, 0.15) is 5.82 Å². The summed E-state index contributed by atoms with van der Waals surface area (Å²) < 4.78 is 14.8. The molecule has 16 heavy (non-hydrogen) atoms. The Bertz CT molecular complexity index is 516. The van der Waals surface area contributed by atoms with Crippen molar-refractivity contribution >= 4 is 16.7 Å². The molecule has 0 atom stereocenters. The minimum absolute atomic E-state index is 0.212. The van der Waals surface area contributed by atoms with Gasteiger partial charge in [-0.2, -0.15) is 0 Å². The summed E-state index contributed by atoms with van der Waals surface area (Å²) in [7, 11) is 0. The molecule has 0 saturated carbocycles. The van der Waals surface area contributed by atoms with Crippen molar-refractivity contribution in [1.29, 1.82) is 0 Å².